The highest BCUT2D eigenvalue weighted by Gasteiger charge is 2.18. The van der Waals surface area contributed by atoms with Crippen molar-refractivity contribution in [2.24, 2.45) is 0 Å². The number of rotatable bonds is 75. The Morgan fingerprint density at radius 2 is 0.568 bits per heavy atom. The van der Waals surface area contributed by atoms with Crippen LogP contribution in [0.1, 0.15) is 438 Å². The molecule has 2 unspecified atom stereocenters. The van der Waals surface area contributed by atoms with E-state index in [-0.39, 0.29) is 18.5 Å². The van der Waals surface area contributed by atoms with Crippen LogP contribution >= 0.6 is 0 Å². The minimum Gasteiger partial charge on any atom is -0.466 e. The van der Waals surface area contributed by atoms with Crippen molar-refractivity contribution in [3.05, 3.63) is 48.6 Å². The number of ether oxygens (including phenoxy) is 1. The Kier molecular flexibility index (Phi) is 75.4. The van der Waals surface area contributed by atoms with Gasteiger partial charge in [0.15, 0.2) is 0 Å². The summed E-state index contributed by atoms with van der Waals surface area (Å²) < 4.78 is 5.49. The Morgan fingerprint density at radius 3 is 0.875 bits per heavy atom. The van der Waals surface area contributed by atoms with E-state index < -0.39 is 12.1 Å². The molecule has 0 aromatic rings. The topological polar surface area (TPSA) is 95.9 Å². The van der Waals surface area contributed by atoms with E-state index in [4.69, 9.17) is 4.74 Å². The number of aliphatic hydroxyl groups is 2. The first-order valence-electron chi connectivity index (χ1n) is 39.9. The van der Waals surface area contributed by atoms with Crippen LogP contribution in [0, 0.1) is 0 Å². The minimum atomic E-state index is -0.844. The zero-order chi connectivity index (χ0) is 63.5. The smallest absolute Gasteiger partial charge is 0.305 e. The van der Waals surface area contributed by atoms with E-state index in [0.717, 1.165) is 51.4 Å². The number of hydrogen-bond donors (Lipinski definition) is 3. The van der Waals surface area contributed by atoms with Crippen LogP contribution in [-0.4, -0.2) is 47.4 Å². The van der Waals surface area contributed by atoms with Crippen LogP contribution < -0.4 is 5.32 Å². The zero-order valence-electron chi connectivity index (χ0n) is 59.5. The van der Waals surface area contributed by atoms with Crippen LogP contribution in [0.15, 0.2) is 48.6 Å². The molecule has 0 aromatic carbocycles. The van der Waals surface area contributed by atoms with Crippen molar-refractivity contribution >= 4 is 11.9 Å². The third-order valence-corrected chi connectivity index (χ3v) is 18.6. The summed E-state index contributed by atoms with van der Waals surface area (Å²) in [7, 11) is 0. The van der Waals surface area contributed by atoms with Crippen LogP contribution in [0.2, 0.25) is 0 Å². The molecule has 0 spiro atoms. The van der Waals surface area contributed by atoms with Gasteiger partial charge in [-0.05, 0) is 89.9 Å². The number of nitrogens with one attached hydrogen (secondary N) is 1. The summed E-state index contributed by atoms with van der Waals surface area (Å²) in [4.78, 5) is 24.6. The van der Waals surface area contributed by atoms with Gasteiger partial charge in [0.2, 0.25) is 5.91 Å². The number of unbranched alkanes of at least 4 members (excludes halogenated alkanes) is 58. The van der Waals surface area contributed by atoms with Gasteiger partial charge in [-0.2, -0.15) is 0 Å². The van der Waals surface area contributed by atoms with Crippen molar-refractivity contribution in [1.82, 2.24) is 5.32 Å². The van der Waals surface area contributed by atoms with Crippen molar-refractivity contribution in [3.63, 3.8) is 0 Å². The molecule has 0 aliphatic rings. The molecule has 0 saturated carbocycles. The molecule has 0 aromatic heterocycles. The Bertz CT molecular complexity index is 1470. The van der Waals surface area contributed by atoms with Crippen LogP contribution in [0.4, 0.5) is 0 Å². The summed E-state index contributed by atoms with van der Waals surface area (Å²) >= 11 is 0. The Balaban J connectivity index is 3.38. The molecule has 0 radical (unpaired) electrons. The largest absolute Gasteiger partial charge is 0.466 e. The molecule has 518 valence electrons. The lowest BCUT2D eigenvalue weighted by Gasteiger charge is -2.20. The molecular formula is C82H155NO5. The second-order valence-electron chi connectivity index (χ2n) is 27.4. The lowest BCUT2D eigenvalue weighted by atomic mass is 10.0. The summed E-state index contributed by atoms with van der Waals surface area (Å²) in [5.74, 6) is -0.0509. The number of hydrogen-bond acceptors (Lipinski definition) is 5. The highest BCUT2D eigenvalue weighted by atomic mass is 16.5. The Morgan fingerprint density at radius 1 is 0.318 bits per heavy atom. The predicted molar refractivity (Wildman–Crippen MR) is 389 cm³/mol. The summed E-state index contributed by atoms with van der Waals surface area (Å²) in [6, 6.07) is -0.627. The summed E-state index contributed by atoms with van der Waals surface area (Å²) in [5.41, 5.74) is 0. The third-order valence-electron chi connectivity index (χ3n) is 18.6. The van der Waals surface area contributed by atoms with Gasteiger partial charge < -0.3 is 20.3 Å². The fourth-order valence-electron chi connectivity index (χ4n) is 12.5. The van der Waals surface area contributed by atoms with E-state index in [9.17, 15) is 19.8 Å². The molecule has 6 heteroatoms. The normalized spacial score (nSPS) is 12.7. The highest BCUT2D eigenvalue weighted by molar-refractivity contribution is 5.76. The molecule has 88 heavy (non-hydrogen) atoms. The maximum Gasteiger partial charge on any atom is 0.305 e. The number of esters is 1. The average molecular weight is 1240 g/mol. The minimum absolute atomic E-state index is 0.0104. The molecule has 0 bridgehead atoms. The first kappa shape index (κ1) is 85.8. The van der Waals surface area contributed by atoms with Gasteiger partial charge in [0.1, 0.15) is 0 Å². The summed E-state index contributed by atoms with van der Waals surface area (Å²) in [6.45, 7) is 4.93. The van der Waals surface area contributed by atoms with E-state index in [1.807, 2.05) is 6.08 Å². The molecule has 6 nitrogen and oxygen atoms in total. The molecule has 3 N–H and O–H groups in total. The fourth-order valence-corrected chi connectivity index (χ4v) is 12.5. The quantitative estimate of drug-likeness (QED) is 0.0320. The van der Waals surface area contributed by atoms with Gasteiger partial charge in [-0.15, -0.1) is 0 Å². The molecule has 0 fully saturated rings. The van der Waals surface area contributed by atoms with Gasteiger partial charge in [-0.25, -0.2) is 0 Å². The number of allylic oxidation sites excluding steroid dienone is 7. The van der Waals surface area contributed by atoms with Gasteiger partial charge in [0.25, 0.3) is 0 Å². The van der Waals surface area contributed by atoms with Crippen molar-refractivity contribution in [2.75, 3.05) is 13.2 Å². The molecule has 0 aliphatic carbocycles. The lowest BCUT2D eigenvalue weighted by molar-refractivity contribution is -0.143. The van der Waals surface area contributed by atoms with Gasteiger partial charge in [-0.1, -0.05) is 383 Å². The van der Waals surface area contributed by atoms with Gasteiger partial charge in [0.05, 0.1) is 25.4 Å². The molecule has 0 heterocycles. The van der Waals surface area contributed by atoms with Crippen LogP contribution in [-0.2, 0) is 14.3 Å². The number of amides is 1. The van der Waals surface area contributed by atoms with Crippen molar-refractivity contribution < 1.29 is 24.5 Å². The second kappa shape index (κ2) is 77.3. The predicted octanol–water partition coefficient (Wildman–Crippen LogP) is 26.4. The molecule has 0 aliphatic heterocycles. The van der Waals surface area contributed by atoms with Gasteiger partial charge >= 0.3 is 5.97 Å². The number of carbonyl (C=O) groups excluding carboxylic acids is 2. The van der Waals surface area contributed by atoms with E-state index in [0.29, 0.717) is 19.4 Å². The maximum absolute atomic E-state index is 12.5. The number of carbonyl (C=O) groups is 2. The maximum atomic E-state index is 12.5. The fraction of sp³-hybridized carbons (Fsp3) is 0.878. The molecule has 0 rings (SSSR count). The standard InChI is InChI=1S/C82H155NO5/c1-3-5-7-9-11-13-15-17-19-20-21-41-44-47-50-54-58-62-66-70-74-80(85)79(78-84)83-81(86)75-71-67-63-59-55-51-48-45-42-39-37-35-33-31-29-27-25-23-22-24-26-28-30-32-34-36-38-40-43-46-49-53-57-61-65-69-73-77-88-82(87)76-72-68-64-60-56-52-18-16-14-12-10-8-6-4-2/h16,18,22,24,28,30,70,74,79-80,84-85H,3-15,17,19-21,23,25-27,29,31-69,71-73,75-78H2,1-2H3,(H,83,86)/b18-16-,24-22-,30-28-,74-70+. The SMILES string of the molecule is CCCCCCC/C=C\CCCCCCCC(=O)OCCCCCCCCCCCCCCC/C=C\C/C=C\CCCCCCCCCCCCCCCCCCCC(=O)NC(CO)C(O)/C=C/CCCCCCCCCCCCCCCCCCCC. The highest BCUT2D eigenvalue weighted by Crippen LogP contribution is 2.19. The Labute approximate surface area is 550 Å². The average Bonchev–Trinajstić information content (AvgIpc) is 3.58. The third kappa shape index (κ3) is 72.9. The van der Waals surface area contributed by atoms with Crippen LogP contribution in [0.3, 0.4) is 0 Å². The van der Waals surface area contributed by atoms with E-state index >= 15 is 0 Å². The van der Waals surface area contributed by atoms with E-state index in [2.05, 4.69) is 55.6 Å². The van der Waals surface area contributed by atoms with E-state index in [1.165, 1.54) is 360 Å². The van der Waals surface area contributed by atoms with Crippen molar-refractivity contribution in [3.8, 4) is 0 Å². The lowest BCUT2D eigenvalue weighted by Crippen LogP contribution is -2.45. The Hall–Kier alpha value is -2.18. The molecule has 2 atom stereocenters. The van der Waals surface area contributed by atoms with E-state index in [1.54, 1.807) is 6.08 Å². The molecular weight excluding hydrogens is 1080 g/mol. The van der Waals surface area contributed by atoms with Crippen LogP contribution in [0.5, 0.6) is 0 Å². The molecule has 0 saturated heterocycles. The second-order valence-corrected chi connectivity index (χ2v) is 27.4. The monoisotopic (exact) mass is 1230 g/mol. The first-order chi connectivity index (χ1) is 43.5. The van der Waals surface area contributed by atoms with Gasteiger partial charge in [-0.3, -0.25) is 9.59 Å². The van der Waals surface area contributed by atoms with Crippen LogP contribution in [0.25, 0.3) is 0 Å². The van der Waals surface area contributed by atoms with Gasteiger partial charge in [0, 0.05) is 12.8 Å². The molecule has 1 amide bonds. The van der Waals surface area contributed by atoms with Crippen molar-refractivity contribution in [1.29, 1.82) is 0 Å². The summed E-state index contributed by atoms with van der Waals surface area (Å²) in [6.07, 6.45) is 102. The van der Waals surface area contributed by atoms with Crippen molar-refractivity contribution in [2.45, 2.75) is 450 Å². The summed E-state index contributed by atoms with van der Waals surface area (Å²) in [5, 5.41) is 23.3. The zero-order valence-corrected chi connectivity index (χ0v) is 59.5. The number of aliphatic hydroxyl groups excluding tert-OH is 2. The first-order valence-corrected chi connectivity index (χ1v) is 39.9.